The van der Waals surface area contributed by atoms with Gasteiger partial charge in [-0.05, 0) is 12.1 Å². The summed E-state index contributed by atoms with van der Waals surface area (Å²) in [5, 5.41) is 28.1. The lowest BCUT2D eigenvalue weighted by molar-refractivity contribution is 0.468. The molecule has 0 aromatic heterocycles. The molecule has 3 aromatic carbocycles. The monoisotopic (exact) mass is 344 g/mol. The maximum atomic E-state index is 11.5. The lowest BCUT2D eigenvalue weighted by Crippen LogP contribution is -1.99. The third kappa shape index (κ3) is 2.92. The van der Waals surface area contributed by atoms with Gasteiger partial charge >= 0.3 is 0 Å². The van der Waals surface area contributed by atoms with Gasteiger partial charge in [-0.25, -0.2) is 0 Å². The average molecular weight is 344 g/mol. The summed E-state index contributed by atoms with van der Waals surface area (Å²) in [7, 11) is -4.51. The molecule has 0 spiro atoms. The molecule has 0 fully saturated rings. The number of benzene rings is 3. The van der Waals surface area contributed by atoms with E-state index in [2.05, 4.69) is 10.2 Å². The number of nitrogens with zero attached hydrogens (tertiary/aromatic N) is 2. The van der Waals surface area contributed by atoms with Crippen LogP contribution in [0.4, 0.5) is 11.4 Å². The Morgan fingerprint density at radius 1 is 0.792 bits per heavy atom. The van der Waals surface area contributed by atoms with E-state index < -0.39 is 20.8 Å². The van der Waals surface area contributed by atoms with Crippen molar-refractivity contribution in [1.82, 2.24) is 0 Å². The van der Waals surface area contributed by atoms with E-state index in [1.165, 1.54) is 18.2 Å². The Morgan fingerprint density at radius 2 is 1.42 bits per heavy atom. The van der Waals surface area contributed by atoms with Crippen molar-refractivity contribution < 1.29 is 23.2 Å². The van der Waals surface area contributed by atoms with Gasteiger partial charge in [0.25, 0.3) is 10.1 Å². The molecule has 0 unspecified atom stereocenters. The lowest BCUT2D eigenvalue weighted by Gasteiger charge is -2.08. The first kappa shape index (κ1) is 15.9. The minimum Gasteiger partial charge on any atom is -0.506 e. The Labute approximate surface area is 137 Å². The van der Waals surface area contributed by atoms with Gasteiger partial charge in [0, 0.05) is 16.8 Å². The van der Waals surface area contributed by atoms with Crippen molar-refractivity contribution in [1.29, 1.82) is 0 Å². The van der Waals surface area contributed by atoms with Gasteiger partial charge in [-0.2, -0.15) is 8.42 Å². The van der Waals surface area contributed by atoms with Crippen molar-refractivity contribution >= 4 is 32.3 Å². The number of fused-ring (bicyclic) bond motifs is 1. The Kier molecular flexibility index (Phi) is 3.92. The second kappa shape index (κ2) is 5.91. The summed E-state index contributed by atoms with van der Waals surface area (Å²) >= 11 is 0. The molecule has 122 valence electrons. The summed E-state index contributed by atoms with van der Waals surface area (Å²) in [6.07, 6.45) is 0. The number of hydrogen-bond donors (Lipinski definition) is 3. The van der Waals surface area contributed by atoms with E-state index >= 15 is 0 Å². The van der Waals surface area contributed by atoms with E-state index in [9.17, 15) is 23.2 Å². The highest BCUT2D eigenvalue weighted by Gasteiger charge is 2.19. The minimum absolute atomic E-state index is 0.0289. The van der Waals surface area contributed by atoms with E-state index in [0.29, 0.717) is 5.39 Å². The minimum atomic E-state index is -4.51. The summed E-state index contributed by atoms with van der Waals surface area (Å²) in [5.74, 6) is -0.542. The van der Waals surface area contributed by atoms with Gasteiger partial charge in [-0.15, -0.1) is 10.2 Å². The molecule has 0 amide bonds. The van der Waals surface area contributed by atoms with Gasteiger partial charge < -0.3 is 10.2 Å². The van der Waals surface area contributed by atoms with Crippen LogP contribution in [0.15, 0.2) is 69.7 Å². The number of rotatable bonds is 3. The van der Waals surface area contributed by atoms with Crippen LogP contribution in [0.25, 0.3) is 10.8 Å². The highest BCUT2D eigenvalue weighted by atomic mass is 32.2. The molecular formula is C16H12N2O5S. The standard InChI is InChI=1S/C16H12N2O5S/c19-13-8-4-3-7-12(13)17-18-16-11-6-2-1-5-10(11)15(9-14(16)20)24(21,22)23/h1-9,19-20H,(H,21,22,23). The number of phenols is 2. The van der Waals surface area contributed by atoms with Crippen LogP contribution in [0.5, 0.6) is 11.5 Å². The molecule has 3 rings (SSSR count). The maximum absolute atomic E-state index is 11.5. The summed E-state index contributed by atoms with van der Waals surface area (Å²) in [5.41, 5.74) is 0.223. The summed E-state index contributed by atoms with van der Waals surface area (Å²) in [6.45, 7) is 0. The van der Waals surface area contributed by atoms with E-state index in [1.807, 2.05) is 0 Å². The van der Waals surface area contributed by atoms with Crippen LogP contribution >= 0.6 is 0 Å². The van der Waals surface area contributed by atoms with E-state index in [0.717, 1.165) is 6.07 Å². The van der Waals surface area contributed by atoms with Crippen LogP contribution in [0.1, 0.15) is 0 Å². The first-order chi connectivity index (χ1) is 11.4. The maximum Gasteiger partial charge on any atom is 0.295 e. The fourth-order valence-corrected chi connectivity index (χ4v) is 3.00. The quantitative estimate of drug-likeness (QED) is 0.491. The molecule has 0 radical (unpaired) electrons. The smallest absolute Gasteiger partial charge is 0.295 e. The number of azo groups is 1. The zero-order valence-electron chi connectivity index (χ0n) is 12.2. The van der Waals surface area contributed by atoms with Crippen molar-refractivity contribution in [3.63, 3.8) is 0 Å². The van der Waals surface area contributed by atoms with E-state index in [4.69, 9.17) is 0 Å². The van der Waals surface area contributed by atoms with Gasteiger partial charge in [0.15, 0.2) is 0 Å². The third-order valence-electron chi connectivity index (χ3n) is 3.38. The Bertz CT molecular complexity index is 1060. The molecule has 0 aliphatic heterocycles. The first-order valence-electron chi connectivity index (χ1n) is 6.80. The van der Waals surface area contributed by atoms with Gasteiger partial charge in [0.05, 0.1) is 0 Å². The SMILES string of the molecule is O=S(=O)(O)c1cc(O)c(N=Nc2ccccc2O)c2ccccc12. The molecule has 3 aromatic rings. The van der Waals surface area contributed by atoms with Crippen LogP contribution in [0.2, 0.25) is 0 Å². The second-order valence-corrected chi connectivity index (χ2v) is 6.34. The van der Waals surface area contributed by atoms with Crippen molar-refractivity contribution in [3.8, 4) is 11.5 Å². The molecule has 7 nitrogen and oxygen atoms in total. The number of para-hydroxylation sites is 1. The molecule has 0 bridgehead atoms. The van der Waals surface area contributed by atoms with E-state index in [-0.39, 0.29) is 22.5 Å². The Morgan fingerprint density at radius 3 is 2.08 bits per heavy atom. The fourth-order valence-electron chi connectivity index (χ4n) is 2.28. The summed E-state index contributed by atoms with van der Waals surface area (Å²) in [4.78, 5) is -0.419. The second-order valence-electron chi connectivity index (χ2n) is 4.95. The highest BCUT2D eigenvalue weighted by Crippen LogP contribution is 2.40. The molecule has 0 saturated carbocycles. The predicted octanol–water partition coefficient (Wildman–Crippen LogP) is 3.91. The van der Waals surface area contributed by atoms with Gasteiger partial charge in [-0.1, -0.05) is 36.4 Å². The molecule has 0 saturated heterocycles. The molecular weight excluding hydrogens is 332 g/mol. The van der Waals surface area contributed by atoms with E-state index in [1.54, 1.807) is 30.3 Å². The highest BCUT2D eigenvalue weighted by molar-refractivity contribution is 7.86. The molecule has 0 heterocycles. The number of aromatic hydroxyl groups is 2. The van der Waals surface area contributed by atoms with Crippen LogP contribution in [0, 0.1) is 0 Å². The molecule has 0 atom stereocenters. The molecule has 3 N–H and O–H groups in total. The number of hydrogen-bond acceptors (Lipinski definition) is 6. The Hall–Kier alpha value is -2.97. The predicted molar refractivity (Wildman–Crippen MR) is 87.7 cm³/mol. The van der Waals surface area contributed by atoms with Crippen molar-refractivity contribution in [2.24, 2.45) is 10.2 Å². The van der Waals surface area contributed by atoms with Crippen LogP contribution in [-0.2, 0) is 10.1 Å². The van der Waals surface area contributed by atoms with Gasteiger partial charge in [0.2, 0.25) is 0 Å². The van der Waals surface area contributed by atoms with Gasteiger partial charge in [0.1, 0.15) is 27.8 Å². The normalized spacial score (nSPS) is 12.0. The summed E-state index contributed by atoms with van der Waals surface area (Å²) < 4.78 is 32.3. The fraction of sp³-hybridized carbons (Fsp3) is 0. The van der Waals surface area contributed by atoms with Gasteiger partial charge in [-0.3, -0.25) is 4.55 Å². The zero-order chi connectivity index (χ0) is 17.3. The lowest BCUT2D eigenvalue weighted by atomic mass is 10.1. The van der Waals surface area contributed by atoms with Crippen LogP contribution in [-0.4, -0.2) is 23.2 Å². The van der Waals surface area contributed by atoms with Crippen molar-refractivity contribution in [3.05, 3.63) is 54.6 Å². The summed E-state index contributed by atoms with van der Waals surface area (Å²) in [6, 6.07) is 13.4. The molecule has 0 aliphatic rings. The Balaban J connectivity index is 2.23. The molecule has 24 heavy (non-hydrogen) atoms. The van der Waals surface area contributed by atoms with Crippen LogP contribution in [0.3, 0.4) is 0 Å². The largest absolute Gasteiger partial charge is 0.506 e. The zero-order valence-corrected chi connectivity index (χ0v) is 13.0. The first-order valence-corrected chi connectivity index (χ1v) is 8.24. The average Bonchev–Trinajstić information content (AvgIpc) is 2.54. The van der Waals surface area contributed by atoms with Crippen molar-refractivity contribution in [2.75, 3.05) is 0 Å². The van der Waals surface area contributed by atoms with Crippen LogP contribution < -0.4 is 0 Å². The van der Waals surface area contributed by atoms with Crippen molar-refractivity contribution in [2.45, 2.75) is 4.90 Å². The number of phenolic OH excluding ortho intramolecular Hbond substituents is 2. The third-order valence-corrected chi connectivity index (χ3v) is 4.27. The molecule has 8 heteroatoms. The molecule has 0 aliphatic carbocycles. The topological polar surface area (TPSA) is 120 Å².